The van der Waals surface area contributed by atoms with Gasteiger partial charge in [0.15, 0.2) is 5.96 Å². The first-order valence-corrected chi connectivity index (χ1v) is 11.1. The highest BCUT2D eigenvalue weighted by molar-refractivity contribution is 14.0. The zero-order chi connectivity index (χ0) is 22.6. The largest absolute Gasteiger partial charge is 0.444 e. The molecule has 8 nitrogen and oxygen atoms in total. The number of ether oxygens (including phenoxy) is 1. The number of carbonyl (C=O) groups is 1. The standard InChI is InChI=1S/C22H41N5O3.HI/c1-8-10-12-18(15-25-21(28)29-22(5,6)7)26-20(23-9-2)24-14-11-13-19-16(3)27-30-17(19)4;/h18H,8-15H2,1-7H3,(H,25,28)(H2,23,24,26);1H. The number of carbonyl (C=O) groups excluding carboxylic acids is 1. The molecule has 0 saturated carbocycles. The Hall–Kier alpha value is -1.52. The number of aromatic nitrogens is 1. The van der Waals surface area contributed by atoms with Crippen LogP contribution in [0.15, 0.2) is 9.52 Å². The van der Waals surface area contributed by atoms with E-state index in [2.05, 4.69) is 28.0 Å². The molecule has 1 unspecified atom stereocenters. The number of guanidine groups is 1. The number of aliphatic imine (C=N–C) groups is 1. The molecule has 0 aliphatic rings. The van der Waals surface area contributed by atoms with Crippen LogP contribution in [0.3, 0.4) is 0 Å². The van der Waals surface area contributed by atoms with E-state index in [1.807, 2.05) is 41.5 Å². The summed E-state index contributed by atoms with van der Waals surface area (Å²) in [6, 6.07) is 0.0813. The Bertz CT molecular complexity index is 651. The van der Waals surface area contributed by atoms with Gasteiger partial charge in [0.25, 0.3) is 0 Å². The van der Waals surface area contributed by atoms with Crippen LogP contribution in [0, 0.1) is 13.8 Å². The molecule has 0 saturated heterocycles. The molecule has 0 spiro atoms. The molecular weight excluding hydrogens is 509 g/mol. The van der Waals surface area contributed by atoms with Gasteiger partial charge in [0, 0.05) is 31.2 Å². The third-order valence-corrected chi connectivity index (χ3v) is 4.52. The van der Waals surface area contributed by atoms with Crippen molar-refractivity contribution in [3.05, 3.63) is 17.0 Å². The molecule has 0 aliphatic heterocycles. The number of nitrogens with one attached hydrogen (secondary N) is 3. The predicted molar refractivity (Wildman–Crippen MR) is 136 cm³/mol. The first-order valence-electron chi connectivity index (χ1n) is 11.1. The number of aryl methyl sites for hydroxylation is 2. The smallest absolute Gasteiger partial charge is 0.407 e. The SMILES string of the molecule is CCCCC(CNC(=O)OC(C)(C)C)NC(=NCCCc1c(C)noc1C)NCC.I. The summed E-state index contributed by atoms with van der Waals surface area (Å²) in [6.45, 7) is 15.6. The van der Waals surface area contributed by atoms with E-state index in [4.69, 9.17) is 14.3 Å². The molecule has 3 N–H and O–H groups in total. The lowest BCUT2D eigenvalue weighted by Gasteiger charge is -2.24. The maximum atomic E-state index is 12.0. The van der Waals surface area contributed by atoms with Crippen molar-refractivity contribution >= 4 is 36.0 Å². The number of nitrogens with zero attached hydrogens (tertiary/aromatic N) is 2. The zero-order valence-corrected chi connectivity index (χ0v) is 22.6. The van der Waals surface area contributed by atoms with Crippen LogP contribution in [0.25, 0.3) is 0 Å². The highest BCUT2D eigenvalue weighted by Gasteiger charge is 2.18. The van der Waals surface area contributed by atoms with Gasteiger partial charge in [0.1, 0.15) is 11.4 Å². The minimum atomic E-state index is -0.506. The summed E-state index contributed by atoms with van der Waals surface area (Å²) < 4.78 is 10.6. The lowest BCUT2D eigenvalue weighted by atomic mass is 10.1. The van der Waals surface area contributed by atoms with Gasteiger partial charge in [0.05, 0.1) is 5.69 Å². The van der Waals surface area contributed by atoms with Crippen LogP contribution in [0.1, 0.15) is 77.3 Å². The Morgan fingerprint density at radius 1 is 1.19 bits per heavy atom. The van der Waals surface area contributed by atoms with Crippen LogP contribution in [0.5, 0.6) is 0 Å². The van der Waals surface area contributed by atoms with E-state index >= 15 is 0 Å². The van der Waals surface area contributed by atoms with Crippen LogP contribution < -0.4 is 16.0 Å². The fourth-order valence-corrected chi connectivity index (χ4v) is 3.02. The maximum Gasteiger partial charge on any atom is 0.407 e. The van der Waals surface area contributed by atoms with Crippen molar-refractivity contribution in [3.8, 4) is 0 Å². The Labute approximate surface area is 204 Å². The average molecular weight is 552 g/mol. The highest BCUT2D eigenvalue weighted by atomic mass is 127. The number of amides is 1. The topological polar surface area (TPSA) is 101 Å². The molecule has 180 valence electrons. The summed E-state index contributed by atoms with van der Waals surface area (Å²) >= 11 is 0. The van der Waals surface area contributed by atoms with Crippen LogP contribution >= 0.6 is 24.0 Å². The highest BCUT2D eigenvalue weighted by Crippen LogP contribution is 2.14. The van der Waals surface area contributed by atoms with Gasteiger partial charge >= 0.3 is 6.09 Å². The molecule has 0 aromatic carbocycles. The first-order chi connectivity index (χ1) is 14.2. The summed E-state index contributed by atoms with van der Waals surface area (Å²) in [5, 5.41) is 13.6. The second-order valence-electron chi connectivity index (χ2n) is 8.53. The van der Waals surface area contributed by atoms with E-state index < -0.39 is 11.7 Å². The molecule has 0 radical (unpaired) electrons. The number of hydrogen-bond donors (Lipinski definition) is 3. The lowest BCUT2D eigenvalue weighted by molar-refractivity contribution is 0.0522. The van der Waals surface area contributed by atoms with Gasteiger partial charge < -0.3 is 25.2 Å². The third-order valence-electron chi connectivity index (χ3n) is 4.52. The van der Waals surface area contributed by atoms with Crippen molar-refractivity contribution in [2.75, 3.05) is 19.6 Å². The van der Waals surface area contributed by atoms with E-state index in [0.717, 1.165) is 56.1 Å². The number of unbranched alkanes of at least 4 members (excludes halogenated alkanes) is 1. The molecule has 0 bridgehead atoms. The summed E-state index contributed by atoms with van der Waals surface area (Å²) in [6.07, 6.45) is 4.51. The van der Waals surface area contributed by atoms with Gasteiger partial charge in [-0.1, -0.05) is 24.9 Å². The Morgan fingerprint density at radius 3 is 2.45 bits per heavy atom. The molecule has 1 aromatic rings. The number of alkyl carbamates (subject to hydrolysis) is 1. The van der Waals surface area contributed by atoms with Crippen molar-refractivity contribution in [3.63, 3.8) is 0 Å². The summed E-state index contributed by atoms with van der Waals surface area (Å²) in [5.41, 5.74) is 1.62. The predicted octanol–water partition coefficient (Wildman–Crippen LogP) is 4.48. The van der Waals surface area contributed by atoms with Crippen LogP contribution in [0.4, 0.5) is 4.79 Å². The fourth-order valence-electron chi connectivity index (χ4n) is 3.02. The van der Waals surface area contributed by atoms with Gasteiger partial charge in [-0.2, -0.15) is 0 Å². The van der Waals surface area contributed by atoms with Gasteiger partial charge in [-0.15, -0.1) is 24.0 Å². The third kappa shape index (κ3) is 12.8. The lowest BCUT2D eigenvalue weighted by Crippen LogP contribution is -2.49. The Kier molecular flexibility index (Phi) is 14.6. The minimum absolute atomic E-state index is 0. The van der Waals surface area contributed by atoms with E-state index in [1.165, 1.54) is 5.56 Å². The van der Waals surface area contributed by atoms with Crippen LogP contribution in [-0.2, 0) is 11.2 Å². The van der Waals surface area contributed by atoms with Crippen molar-refractivity contribution in [2.24, 2.45) is 4.99 Å². The number of hydrogen-bond acceptors (Lipinski definition) is 5. The molecule has 1 amide bonds. The van der Waals surface area contributed by atoms with E-state index in [9.17, 15) is 4.79 Å². The number of halogens is 1. The van der Waals surface area contributed by atoms with Gasteiger partial charge in [-0.05, 0) is 60.8 Å². The minimum Gasteiger partial charge on any atom is -0.444 e. The fraction of sp³-hybridized carbons (Fsp3) is 0.773. The average Bonchev–Trinajstić information content (AvgIpc) is 2.97. The van der Waals surface area contributed by atoms with Crippen molar-refractivity contribution in [1.82, 2.24) is 21.1 Å². The van der Waals surface area contributed by atoms with Crippen molar-refractivity contribution in [1.29, 1.82) is 0 Å². The van der Waals surface area contributed by atoms with Crippen LogP contribution in [-0.4, -0.2) is 48.5 Å². The quantitative estimate of drug-likeness (QED) is 0.162. The summed E-state index contributed by atoms with van der Waals surface area (Å²) in [7, 11) is 0. The normalized spacial score (nSPS) is 12.7. The first kappa shape index (κ1) is 29.5. The molecule has 0 fully saturated rings. The van der Waals surface area contributed by atoms with Gasteiger partial charge in [-0.3, -0.25) is 4.99 Å². The van der Waals surface area contributed by atoms with E-state index in [-0.39, 0.29) is 30.0 Å². The molecule has 9 heteroatoms. The summed E-state index contributed by atoms with van der Waals surface area (Å²) in [5.74, 6) is 1.65. The molecule has 1 heterocycles. The van der Waals surface area contributed by atoms with Crippen LogP contribution in [0.2, 0.25) is 0 Å². The molecular formula is C22H42IN5O3. The molecule has 0 aliphatic carbocycles. The van der Waals surface area contributed by atoms with Gasteiger partial charge in [0.2, 0.25) is 0 Å². The number of rotatable bonds is 11. The van der Waals surface area contributed by atoms with Gasteiger partial charge in [-0.25, -0.2) is 4.79 Å². The second-order valence-corrected chi connectivity index (χ2v) is 8.53. The van der Waals surface area contributed by atoms with Crippen molar-refractivity contribution in [2.45, 2.75) is 92.2 Å². The Balaban J connectivity index is 0.00000900. The second kappa shape index (κ2) is 15.3. The molecule has 1 aromatic heterocycles. The van der Waals surface area contributed by atoms with E-state index in [0.29, 0.717) is 13.1 Å². The zero-order valence-electron chi connectivity index (χ0n) is 20.3. The molecule has 1 rings (SSSR count). The molecule has 1 atom stereocenters. The summed E-state index contributed by atoms with van der Waals surface area (Å²) in [4.78, 5) is 16.7. The maximum absolute atomic E-state index is 12.0. The van der Waals surface area contributed by atoms with Crippen molar-refractivity contribution < 1.29 is 14.1 Å². The Morgan fingerprint density at radius 2 is 1.90 bits per heavy atom. The molecule has 31 heavy (non-hydrogen) atoms. The van der Waals surface area contributed by atoms with E-state index in [1.54, 1.807) is 0 Å². The monoisotopic (exact) mass is 551 g/mol.